The molecule has 0 spiro atoms. The second kappa shape index (κ2) is 7.50. The molecule has 2 amide bonds. The summed E-state index contributed by atoms with van der Waals surface area (Å²) in [5.41, 5.74) is 3.68. The van der Waals surface area contributed by atoms with Gasteiger partial charge in [-0.2, -0.15) is 0 Å². The molecule has 0 radical (unpaired) electrons. The number of aromatic nitrogens is 1. The summed E-state index contributed by atoms with van der Waals surface area (Å²) in [6.45, 7) is 1.39. The Bertz CT molecular complexity index is 1300. The molecular formula is C25H23F2N3O3. The maximum Gasteiger partial charge on any atom is 0.267 e. The number of phenolic OH excluding ortho intramolecular Hbond substituents is 1. The molecule has 3 heterocycles. The minimum atomic E-state index is -2.94. The van der Waals surface area contributed by atoms with E-state index in [2.05, 4.69) is 4.98 Å². The molecule has 2 aliphatic heterocycles. The standard InChI is InChI=1S/C25H23F2N3O3/c1-14-3-5-15(6-4-14)9-16-10-17-19(24(33)30-8-7-25(26,27)13-30)18-12-29(2)23(32)20(18)22(31)21(17)28-11-16/h3-6,10-11,31H,7-9,12-13H2,1-2H3. The average molecular weight is 451 g/mol. The third-order valence-electron chi connectivity index (χ3n) is 6.43. The summed E-state index contributed by atoms with van der Waals surface area (Å²) in [5, 5.41) is 11.2. The van der Waals surface area contributed by atoms with Gasteiger partial charge in [-0.1, -0.05) is 29.8 Å². The van der Waals surface area contributed by atoms with Gasteiger partial charge in [0.25, 0.3) is 17.7 Å². The van der Waals surface area contributed by atoms with E-state index in [1.807, 2.05) is 31.2 Å². The van der Waals surface area contributed by atoms with Crippen molar-refractivity contribution in [1.29, 1.82) is 0 Å². The van der Waals surface area contributed by atoms with Gasteiger partial charge in [-0.15, -0.1) is 0 Å². The van der Waals surface area contributed by atoms with Gasteiger partial charge in [0.1, 0.15) is 5.52 Å². The van der Waals surface area contributed by atoms with Crippen molar-refractivity contribution < 1.29 is 23.5 Å². The third kappa shape index (κ3) is 3.59. The van der Waals surface area contributed by atoms with E-state index >= 15 is 0 Å². The van der Waals surface area contributed by atoms with Gasteiger partial charge in [0, 0.05) is 43.7 Å². The van der Waals surface area contributed by atoms with Crippen LogP contribution < -0.4 is 0 Å². The van der Waals surface area contributed by atoms with Crippen molar-refractivity contribution in [3.05, 3.63) is 69.9 Å². The summed E-state index contributed by atoms with van der Waals surface area (Å²) >= 11 is 0. The van der Waals surface area contributed by atoms with Gasteiger partial charge in [-0.3, -0.25) is 14.6 Å². The number of aromatic hydroxyl groups is 1. The van der Waals surface area contributed by atoms with E-state index in [0.717, 1.165) is 21.6 Å². The second-order valence-corrected chi connectivity index (χ2v) is 8.97. The number of hydrogen-bond acceptors (Lipinski definition) is 4. The van der Waals surface area contributed by atoms with E-state index in [0.29, 0.717) is 17.4 Å². The fourth-order valence-corrected chi connectivity index (χ4v) is 4.67. The minimum absolute atomic E-state index is 0.0260. The maximum atomic E-state index is 13.9. The number of phenols is 1. The number of alkyl halides is 2. The highest BCUT2D eigenvalue weighted by molar-refractivity contribution is 6.15. The lowest BCUT2D eigenvalue weighted by Crippen LogP contribution is -2.32. The molecule has 2 aromatic carbocycles. The highest BCUT2D eigenvalue weighted by Gasteiger charge is 2.43. The van der Waals surface area contributed by atoms with Crippen molar-refractivity contribution in [2.24, 2.45) is 0 Å². The van der Waals surface area contributed by atoms with Gasteiger partial charge in [-0.05, 0) is 30.5 Å². The predicted molar refractivity (Wildman–Crippen MR) is 119 cm³/mol. The molecule has 3 aromatic rings. The smallest absolute Gasteiger partial charge is 0.267 e. The second-order valence-electron chi connectivity index (χ2n) is 8.97. The Labute approximate surface area is 189 Å². The lowest BCUT2D eigenvalue weighted by molar-refractivity contribution is 0.0120. The number of aryl methyl sites for hydroxylation is 1. The number of carbonyl (C=O) groups excluding carboxylic acids is 2. The summed E-state index contributed by atoms with van der Waals surface area (Å²) in [4.78, 5) is 33.1. The molecule has 8 heteroatoms. The molecule has 0 aliphatic carbocycles. The topological polar surface area (TPSA) is 73.7 Å². The zero-order valence-corrected chi connectivity index (χ0v) is 18.4. The summed E-state index contributed by atoms with van der Waals surface area (Å²) in [6, 6.07) is 9.79. The van der Waals surface area contributed by atoms with Gasteiger partial charge in [-0.25, -0.2) is 8.78 Å². The van der Waals surface area contributed by atoms with Crippen LogP contribution in [0, 0.1) is 6.92 Å². The van der Waals surface area contributed by atoms with Crippen LogP contribution in [0.25, 0.3) is 10.9 Å². The predicted octanol–water partition coefficient (Wildman–Crippen LogP) is 3.91. The van der Waals surface area contributed by atoms with E-state index < -0.39 is 30.7 Å². The van der Waals surface area contributed by atoms with Crippen molar-refractivity contribution in [2.75, 3.05) is 20.1 Å². The molecule has 0 atom stereocenters. The Hall–Kier alpha value is -3.55. The van der Waals surface area contributed by atoms with E-state index in [-0.39, 0.29) is 35.5 Å². The van der Waals surface area contributed by atoms with E-state index in [1.54, 1.807) is 19.3 Å². The number of hydrogen-bond donors (Lipinski definition) is 1. The van der Waals surface area contributed by atoms with Crippen LogP contribution in [0.2, 0.25) is 0 Å². The zero-order valence-electron chi connectivity index (χ0n) is 18.4. The van der Waals surface area contributed by atoms with E-state index in [4.69, 9.17) is 0 Å². The van der Waals surface area contributed by atoms with E-state index in [9.17, 15) is 23.5 Å². The first-order chi connectivity index (χ1) is 15.6. The molecule has 6 nitrogen and oxygen atoms in total. The Morgan fingerprint density at radius 2 is 1.94 bits per heavy atom. The summed E-state index contributed by atoms with van der Waals surface area (Å²) in [7, 11) is 1.57. The number of halogens is 2. The molecule has 0 saturated carbocycles. The molecule has 1 saturated heterocycles. The van der Waals surface area contributed by atoms with Crippen molar-refractivity contribution in [3.63, 3.8) is 0 Å². The zero-order chi connectivity index (χ0) is 23.5. The van der Waals surface area contributed by atoms with Crippen LogP contribution in [0.3, 0.4) is 0 Å². The van der Waals surface area contributed by atoms with Crippen molar-refractivity contribution in [1.82, 2.24) is 14.8 Å². The molecular weight excluding hydrogens is 428 g/mol. The van der Waals surface area contributed by atoms with Crippen LogP contribution >= 0.6 is 0 Å². The number of likely N-dealkylation sites (tertiary alicyclic amines) is 1. The summed E-state index contributed by atoms with van der Waals surface area (Å²) in [5.74, 6) is -4.20. The number of rotatable bonds is 3. The van der Waals surface area contributed by atoms with E-state index in [1.165, 1.54) is 4.90 Å². The number of pyridine rings is 1. The molecule has 1 N–H and O–H groups in total. The van der Waals surface area contributed by atoms with Gasteiger partial charge in [0.05, 0.1) is 17.7 Å². The fraction of sp³-hybridized carbons (Fsp3) is 0.320. The molecule has 1 fully saturated rings. The van der Waals surface area contributed by atoms with Crippen LogP contribution in [0.15, 0.2) is 36.5 Å². The number of fused-ring (bicyclic) bond motifs is 2. The van der Waals surface area contributed by atoms with Crippen LogP contribution in [0.4, 0.5) is 8.78 Å². The highest BCUT2D eigenvalue weighted by Crippen LogP contribution is 2.41. The first kappa shape index (κ1) is 21.3. The molecule has 1 aromatic heterocycles. The van der Waals surface area contributed by atoms with Gasteiger partial charge >= 0.3 is 0 Å². The average Bonchev–Trinajstić information content (AvgIpc) is 3.28. The summed E-state index contributed by atoms with van der Waals surface area (Å²) in [6.07, 6.45) is 1.76. The monoisotopic (exact) mass is 451 g/mol. The van der Waals surface area contributed by atoms with Crippen molar-refractivity contribution in [3.8, 4) is 5.75 Å². The maximum absolute atomic E-state index is 13.9. The summed E-state index contributed by atoms with van der Waals surface area (Å²) < 4.78 is 27.7. The number of benzene rings is 2. The minimum Gasteiger partial charge on any atom is -0.505 e. The van der Waals surface area contributed by atoms with Crippen LogP contribution in [-0.2, 0) is 13.0 Å². The third-order valence-corrected chi connectivity index (χ3v) is 6.43. The molecule has 2 aliphatic rings. The Morgan fingerprint density at radius 3 is 2.61 bits per heavy atom. The van der Waals surface area contributed by atoms with Gasteiger partial charge in [0.15, 0.2) is 5.75 Å². The Kier molecular flexibility index (Phi) is 4.84. The SMILES string of the molecule is Cc1ccc(Cc2cnc3c(O)c4c(c(C(=O)N5CCC(F)(F)C5)c3c2)CN(C)C4=O)cc1. The Morgan fingerprint density at radius 1 is 1.21 bits per heavy atom. The van der Waals surface area contributed by atoms with Gasteiger partial charge in [0.2, 0.25) is 0 Å². The molecule has 33 heavy (non-hydrogen) atoms. The number of nitrogens with zero attached hydrogens (tertiary/aromatic N) is 3. The molecule has 0 unspecified atom stereocenters. The van der Waals surface area contributed by atoms with Crippen molar-refractivity contribution >= 4 is 22.7 Å². The number of carbonyl (C=O) groups is 2. The number of amides is 2. The molecule has 0 bridgehead atoms. The first-order valence-electron chi connectivity index (χ1n) is 10.8. The lowest BCUT2D eigenvalue weighted by atomic mass is 9.94. The van der Waals surface area contributed by atoms with Crippen LogP contribution in [0.1, 0.15) is 49.4 Å². The molecule has 5 rings (SSSR count). The van der Waals surface area contributed by atoms with Crippen LogP contribution in [-0.4, -0.2) is 57.8 Å². The van der Waals surface area contributed by atoms with Crippen LogP contribution in [0.5, 0.6) is 5.75 Å². The van der Waals surface area contributed by atoms with Gasteiger partial charge < -0.3 is 14.9 Å². The Balaban J connectivity index is 1.67. The highest BCUT2D eigenvalue weighted by atomic mass is 19.3. The normalized spacial score (nSPS) is 17.2. The lowest BCUT2D eigenvalue weighted by Gasteiger charge is -2.20. The first-order valence-corrected chi connectivity index (χ1v) is 10.8. The molecule has 170 valence electrons. The quantitative estimate of drug-likeness (QED) is 0.656. The van der Waals surface area contributed by atoms with Crippen molar-refractivity contribution in [2.45, 2.75) is 32.2 Å². The fourth-order valence-electron chi connectivity index (χ4n) is 4.67. The largest absolute Gasteiger partial charge is 0.505 e.